The fourth-order valence-corrected chi connectivity index (χ4v) is 2.03. The Morgan fingerprint density at radius 3 is 2.73 bits per heavy atom. The quantitative estimate of drug-likeness (QED) is 0.679. The van der Waals surface area contributed by atoms with Crippen molar-refractivity contribution in [1.82, 2.24) is 5.32 Å². The van der Waals surface area contributed by atoms with Crippen LogP contribution in [0.5, 0.6) is 0 Å². The lowest BCUT2D eigenvalue weighted by atomic mass is 10.1. The van der Waals surface area contributed by atoms with Crippen LogP contribution in [0.3, 0.4) is 0 Å². The molecule has 0 radical (unpaired) electrons. The predicted molar refractivity (Wildman–Crippen MR) is 84.7 cm³/mol. The minimum absolute atomic E-state index is 0.0330. The molecule has 2 aromatic rings. The molecule has 22 heavy (non-hydrogen) atoms. The van der Waals surface area contributed by atoms with Crippen LogP contribution in [-0.4, -0.2) is 5.91 Å². The van der Waals surface area contributed by atoms with E-state index < -0.39 is 5.91 Å². The van der Waals surface area contributed by atoms with Gasteiger partial charge in [-0.2, -0.15) is 5.26 Å². The molecule has 1 amide bonds. The zero-order valence-electron chi connectivity index (χ0n) is 12.7. The lowest BCUT2D eigenvalue weighted by molar-refractivity contribution is -0.117. The molecule has 2 rings (SSSR count). The van der Waals surface area contributed by atoms with Crippen LogP contribution in [0.2, 0.25) is 0 Å². The molecule has 0 aliphatic heterocycles. The summed E-state index contributed by atoms with van der Waals surface area (Å²) in [4.78, 5) is 12.1. The first kappa shape index (κ1) is 15.6. The molecule has 1 aromatic carbocycles. The van der Waals surface area contributed by atoms with Gasteiger partial charge in [-0.05, 0) is 30.2 Å². The van der Waals surface area contributed by atoms with E-state index in [2.05, 4.69) is 5.32 Å². The molecular weight excluding hydrogens is 276 g/mol. The van der Waals surface area contributed by atoms with E-state index in [1.807, 2.05) is 50.2 Å². The second-order valence-electron chi connectivity index (χ2n) is 4.94. The summed E-state index contributed by atoms with van der Waals surface area (Å²) in [7, 11) is 0. The highest BCUT2D eigenvalue weighted by atomic mass is 16.3. The first-order valence-electron chi connectivity index (χ1n) is 7.17. The molecule has 0 atom stereocenters. The molecule has 4 heteroatoms. The number of nitrogens with zero attached hydrogens (tertiary/aromatic N) is 1. The molecule has 1 N–H and O–H groups in total. The van der Waals surface area contributed by atoms with Crippen LogP contribution in [-0.2, 0) is 17.8 Å². The van der Waals surface area contributed by atoms with Crippen LogP contribution >= 0.6 is 0 Å². The highest BCUT2D eigenvalue weighted by Gasteiger charge is 2.10. The van der Waals surface area contributed by atoms with Crippen LogP contribution in [0.1, 0.15) is 29.6 Å². The summed E-state index contributed by atoms with van der Waals surface area (Å²) in [5.41, 5.74) is 2.16. The predicted octanol–water partition coefficient (Wildman–Crippen LogP) is 3.37. The van der Waals surface area contributed by atoms with Crippen molar-refractivity contribution < 1.29 is 9.21 Å². The summed E-state index contributed by atoms with van der Waals surface area (Å²) in [6.45, 7) is 4.35. The molecule has 0 unspecified atom stereocenters. The average molecular weight is 294 g/mol. The third-order valence-corrected chi connectivity index (χ3v) is 3.38. The summed E-state index contributed by atoms with van der Waals surface area (Å²) in [5.74, 6) is 0.934. The standard InChI is InChI=1S/C18H18N2O2/c1-3-16-8-9-17(22-16)10-15(11-19)18(21)20-12-14-7-5-4-6-13(14)2/h4-10H,3,12H2,1-2H3,(H,20,21)/b15-10+. The summed E-state index contributed by atoms with van der Waals surface area (Å²) < 4.78 is 5.49. The Morgan fingerprint density at radius 2 is 2.09 bits per heavy atom. The topological polar surface area (TPSA) is 66.0 Å². The second-order valence-corrected chi connectivity index (χ2v) is 4.94. The SMILES string of the molecule is CCc1ccc(/C=C(\C#N)C(=O)NCc2ccccc2C)o1. The van der Waals surface area contributed by atoms with Gasteiger partial charge in [0.2, 0.25) is 0 Å². The van der Waals surface area contributed by atoms with Gasteiger partial charge in [-0.25, -0.2) is 0 Å². The van der Waals surface area contributed by atoms with Gasteiger partial charge in [0.15, 0.2) is 0 Å². The maximum Gasteiger partial charge on any atom is 0.262 e. The fourth-order valence-electron chi connectivity index (χ4n) is 2.03. The Kier molecular flexibility index (Phi) is 5.16. The number of carbonyl (C=O) groups is 1. The summed E-state index contributed by atoms with van der Waals surface area (Å²) in [5, 5.41) is 11.9. The van der Waals surface area contributed by atoms with Gasteiger partial charge in [-0.15, -0.1) is 0 Å². The first-order valence-corrected chi connectivity index (χ1v) is 7.17. The highest BCUT2D eigenvalue weighted by molar-refractivity contribution is 6.01. The number of aryl methyl sites for hydroxylation is 2. The van der Waals surface area contributed by atoms with Crippen molar-refractivity contribution in [2.24, 2.45) is 0 Å². The number of nitriles is 1. The third kappa shape index (κ3) is 3.86. The van der Waals surface area contributed by atoms with Gasteiger partial charge in [0.1, 0.15) is 23.2 Å². The Bertz CT molecular complexity index is 736. The minimum Gasteiger partial charge on any atom is -0.462 e. The number of nitrogens with one attached hydrogen (secondary N) is 1. The van der Waals surface area contributed by atoms with Crippen molar-refractivity contribution in [3.05, 3.63) is 64.6 Å². The Hall–Kier alpha value is -2.80. The van der Waals surface area contributed by atoms with Gasteiger partial charge in [-0.1, -0.05) is 31.2 Å². The third-order valence-electron chi connectivity index (χ3n) is 3.38. The monoisotopic (exact) mass is 294 g/mol. The number of carbonyl (C=O) groups excluding carboxylic acids is 1. The van der Waals surface area contributed by atoms with E-state index in [1.165, 1.54) is 6.08 Å². The minimum atomic E-state index is -0.403. The Balaban J connectivity index is 2.06. The summed E-state index contributed by atoms with van der Waals surface area (Å²) in [6, 6.07) is 13.3. The van der Waals surface area contributed by atoms with E-state index in [0.29, 0.717) is 12.3 Å². The van der Waals surface area contributed by atoms with Crippen molar-refractivity contribution in [3.63, 3.8) is 0 Å². The van der Waals surface area contributed by atoms with Crippen LogP contribution in [0, 0.1) is 18.3 Å². The maximum atomic E-state index is 12.1. The van der Waals surface area contributed by atoms with E-state index >= 15 is 0 Å². The van der Waals surface area contributed by atoms with Gasteiger partial charge in [0.05, 0.1) is 0 Å². The van der Waals surface area contributed by atoms with Gasteiger partial charge in [0.25, 0.3) is 5.91 Å². The fraction of sp³-hybridized carbons (Fsp3) is 0.222. The van der Waals surface area contributed by atoms with Crippen molar-refractivity contribution >= 4 is 12.0 Å². The molecule has 0 bridgehead atoms. The molecule has 112 valence electrons. The normalized spacial score (nSPS) is 11.0. The van der Waals surface area contributed by atoms with Crippen LogP contribution in [0.25, 0.3) is 6.08 Å². The first-order chi connectivity index (χ1) is 10.6. The number of amides is 1. The maximum absolute atomic E-state index is 12.1. The second kappa shape index (κ2) is 7.28. The molecule has 0 fully saturated rings. The van der Waals surface area contributed by atoms with E-state index in [1.54, 1.807) is 6.07 Å². The van der Waals surface area contributed by atoms with Crippen molar-refractivity contribution in [1.29, 1.82) is 5.26 Å². The van der Waals surface area contributed by atoms with E-state index in [9.17, 15) is 4.79 Å². The molecule has 0 spiro atoms. The van der Waals surface area contributed by atoms with E-state index in [4.69, 9.17) is 9.68 Å². The molecule has 1 heterocycles. The number of furan rings is 1. The van der Waals surface area contributed by atoms with Crippen LogP contribution in [0.4, 0.5) is 0 Å². The lowest BCUT2D eigenvalue weighted by Crippen LogP contribution is -2.24. The van der Waals surface area contributed by atoms with Crippen LogP contribution < -0.4 is 5.32 Å². The molecule has 4 nitrogen and oxygen atoms in total. The number of rotatable bonds is 5. The van der Waals surface area contributed by atoms with Gasteiger partial charge in [-0.3, -0.25) is 4.79 Å². The van der Waals surface area contributed by atoms with E-state index in [-0.39, 0.29) is 5.57 Å². The Labute approximate surface area is 130 Å². The lowest BCUT2D eigenvalue weighted by Gasteiger charge is -2.07. The molecule has 0 saturated heterocycles. The number of hydrogen-bond donors (Lipinski definition) is 1. The van der Waals surface area contributed by atoms with Gasteiger partial charge >= 0.3 is 0 Å². The van der Waals surface area contributed by atoms with Gasteiger partial charge < -0.3 is 9.73 Å². The smallest absolute Gasteiger partial charge is 0.262 e. The van der Waals surface area contributed by atoms with E-state index in [0.717, 1.165) is 23.3 Å². The molecule has 0 aliphatic rings. The molecule has 0 aliphatic carbocycles. The number of hydrogen-bond acceptors (Lipinski definition) is 3. The average Bonchev–Trinajstić information content (AvgIpc) is 2.99. The van der Waals surface area contributed by atoms with Crippen molar-refractivity contribution in [3.8, 4) is 6.07 Å². The summed E-state index contributed by atoms with van der Waals surface area (Å²) in [6.07, 6.45) is 2.24. The highest BCUT2D eigenvalue weighted by Crippen LogP contribution is 2.13. The zero-order chi connectivity index (χ0) is 15.9. The summed E-state index contributed by atoms with van der Waals surface area (Å²) >= 11 is 0. The zero-order valence-corrected chi connectivity index (χ0v) is 12.7. The van der Waals surface area contributed by atoms with Crippen molar-refractivity contribution in [2.75, 3.05) is 0 Å². The van der Waals surface area contributed by atoms with Gasteiger partial charge in [0, 0.05) is 19.0 Å². The van der Waals surface area contributed by atoms with Crippen molar-refractivity contribution in [2.45, 2.75) is 26.8 Å². The molecule has 1 aromatic heterocycles. The largest absolute Gasteiger partial charge is 0.462 e. The Morgan fingerprint density at radius 1 is 1.32 bits per heavy atom. The van der Waals surface area contributed by atoms with Crippen LogP contribution in [0.15, 0.2) is 46.4 Å². The molecule has 0 saturated carbocycles. The molecular formula is C18H18N2O2. The number of benzene rings is 1.